The second-order valence-electron chi connectivity index (χ2n) is 9.40. The van der Waals surface area contributed by atoms with Crippen LogP contribution in [0.3, 0.4) is 0 Å². The van der Waals surface area contributed by atoms with Gasteiger partial charge in [0, 0.05) is 44.0 Å². The van der Waals surface area contributed by atoms with E-state index in [0.717, 1.165) is 36.5 Å². The van der Waals surface area contributed by atoms with Crippen molar-refractivity contribution in [2.75, 3.05) is 23.3 Å². The number of aromatic nitrogens is 2. The topological polar surface area (TPSA) is 106 Å². The first-order valence-corrected chi connectivity index (χ1v) is 12.4. The number of hydrogen-bond acceptors (Lipinski definition) is 7. The van der Waals surface area contributed by atoms with Gasteiger partial charge in [-0.3, -0.25) is 14.6 Å². The van der Waals surface area contributed by atoms with Gasteiger partial charge >= 0.3 is 0 Å². The summed E-state index contributed by atoms with van der Waals surface area (Å²) in [6, 6.07) is 13.1. The Morgan fingerprint density at radius 1 is 1.08 bits per heavy atom. The van der Waals surface area contributed by atoms with Gasteiger partial charge in [0.05, 0.1) is 36.1 Å². The number of nitrogens with one attached hydrogen (secondary N) is 2. The van der Waals surface area contributed by atoms with Gasteiger partial charge in [-0.25, -0.2) is 4.98 Å². The molecule has 1 saturated heterocycles. The summed E-state index contributed by atoms with van der Waals surface area (Å²) in [5.74, 6) is 0.935. The Hall–Kier alpha value is -4.14. The SMILES string of the molecule is CC(=O)Nc1cncc(C(=O)N[C@@H](C)c2ccc(OC3CCN(c4ccnc(OC(C)C)c4)C3)cc2)c1. The van der Waals surface area contributed by atoms with Crippen molar-refractivity contribution in [1.82, 2.24) is 15.3 Å². The molecule has 3 heterocycles. The molecule has 1 aromatic carbocycles. The minimum Gasteiger partial charge on any atom is -0.489 e. The minimum atomic E-state index is -0.267. The van der Waals surface area contributed by atoms with E-state index in [4.69, 9.17) is 9.47 Å². The van der Waals surface area contributed by atoms with Gasteiger partial charge in [0.2, 0.25) is 11.8 Å². The molecule has 2 atom stereocenters. The van der Waals surface area contributed by atoms with E-state index >= 15 is 0 Å². The van der Waals surface area contributed by atoms with Gasteiger partial charge in [-0.1, -0.05) is 12.1 Å². The number of amides is 2. The molecule has 2 N–H and O–H groups in total. The Labute approximate surface area is 217 Å². The molecular weight excluding hydrogens is 470 g/mol. The highest BCUT2D eigenvalue weighted by Gasteiger charge is 2.25. The molecule has 0 radical (unpaired) electrons. The predicted octanol–water partition coefficient (Wildman–Crippen LogP) is 4.37. The number of carbonyl (C=O) groups is 2. The van der Waals surface area contributed by atoms with Crippen molar-refractivity contribution in [1.29, 1.82) is 0 Å². The van der Waals surface area contributed by atoms with E-state index in [1.54, 1.807) is 12.3 Å². The summed E-state index contributed by atoms with van der Waals surface area (Å²) in [5, 5.41) is 5.61. The number of rotatable bonds is 9. The molecule has 0 bridgehead atoms. The van der Waals surface area contributed by atoms with Crippen molar-refractivity contribution in [3.63, 3.8) is 0 Å². The summed E-state index contributed by atoms with van der Waals surface area (Å²) >= 11 is 0. The lowest BCUT2D eigenvalue weighted by Crippen LogP contribution is -2.27. The second-order valence-corrected chi connectivity index (χ2v) is 9.40. The maximum absolute atomic E-state index is 12.7. The Balaban J connectivity index is 1.31. The van der Waals surface area contributed by atoms with Crippen LogP contribution in [-0.4, -0.2) is 47.1 Å². The van der Waals surface area contributed by atoms with Gasteiger partial charge in [0.1, 0.15) is 11.9 Å². The average Bonchev–Trinajstić information content (AvgIpc) is 3.32. The van der Waals surface area contributed by atoms with Crippen molar-refractivity contribution < 1.29 is 19.1 Å². The molecule has 4 rings (SSSR count). The summed E-state index contributed by atoms with van der Waals surface area (Å²) in [6.45, 7) is 8.98. The zero-order valence-corrected chi connectivity index (χ0v) is 21.6. The molecule has 2 amide bonds. The van der Waals surface area contributed by atoms with Crippen molar-refractivity contribution in [2.24, 2.45) is 0 Å². The van der Waals surface area contributed by atoms with Gasteiger partial charge < -0.3 is 25.0 Å². The van der Waals surface area contributed by atoms with Crippen LogP contribution in [0.2, 0.25) is 0 Å². The summed E-state index contributed by atoms with van der Waals surface area (Å²) in [6.07, 6.45) is 5.82. The van der Waals surface area contributed by atoms with Crippen LogP contribution in [0, 0.1) is 0 Å². The number of ether oxygens (including phenoxy) is 2. The second kappa shape index (κ2) is 11.7. The molecular formula is C28H33N5O4. The smallest absolute Gasteiger partial charge is 0.253 e. The third kappa shape index (κ3) is 7.19. The summed E-state index contributed by atoms with van der Waals surface area (Å²) in [7, 11) is 0. The van der Waals surface area contributed by atoms with E-state index < -0.39 is 0 Å². The number of hydrogen-bond donors (Lipinski definition) is 2. The monoisotopic (exact) mass is 503 g/mol. The summed E-state index contributed by atoms with van der Waals surface area (Å²) in [5.41, 5.74) is 2.89. The Bertz CT molecular complexity index is 1230. The van der Waals surface area contributed by atoms with Gasteiger partial charge in [0.25, 0.3) is 5.91 Å². The van der Waals surface area contributed by atoms with Crippen LogP contribution >= 0.6 is 0 Å². The first kappa shape index (κ1) is 25.9. The third-order valence-corrected chi connectivity index (χ3v) is 5.94. The molecule has 1 unspecified atom stereocenters. The predicted molar refractivity (Wildman–Crippen MR) is 142 cm³/mol. The summed E-state index contributed by atoms with van der Waals surface area (Å²) < 4.78 is 12.0. The van der Waals surface area contributed by atoms with Crippen molar-refractivity contribution in [3.8, 4) is 11.6 Å². The zero-order valence-electron chi connectivity index (χ0n) is 21.6. The highest BCUT2D eigenvalue weighted by atomic mass is 16.5. The fourth-order valence-electron chi connectivity index (χ4n) is 4.19. The third-order valence-electron chi connectivity index (χ3n) is 5.94. The van der Waals surface area contributed by atoms with Crippen molar-refractivity contribution in [3.05, 3.63) is 72.2 Å². The van der Waals surface area contributed by atoms with Crippen LogP contribution < -0.4 is 25.0 Å². The maximum Gasteiger partial charge on any atom is 0.253 e. The number of benzene rings is 1. The fourth-order valence-corrected chi connectivity index (χ4v) is 4.19. The van der Waals surface area contributed by atoms with E-state index in [-0.39, 0.29) is 30.1 Å². The molecule has 9 heteroatoms. The van der Waals surface area contributed by atoms with Crippen LogP contribution in [0.4, 0.5) is 11.4 Å². The van der Waals surface area contributed by atoms with Gasteiger partial charge in [0.15, 0.2) is 0 Å². The lowest BCUT2D eigenvalue weighted by atomic mass is 10.1. The van der Waals surface area contributed by atoms with Crippen LogP contribution in [0.15, 0.2) is 61.1 Å². The van der Waals surface area contributed by atoms with Crippen molar-refractivity contribution >= 4 is 23.2 Å². The Kier molecular flexibility index (Phi) is 8.22. The molecule has 37 heavy (non-hydrogen) atoms. The first-order chi connectivity index (χ1) is 17.8. The first-order valence-electron chi connectivity index (χ1n) is 12.4. The molecule has 0 saturated carbocycles. The van der Waals surface area contributed by atoms with Crippen molar-refractivity contribution in [2.45, 2.75) is 52.4 Å². The molecule has 3 aromatic rings. The quantitative estimate of drug-likeness (QED) is 0.447. The molecule has 0 spiro atoms. The molecule has 0 aliphatic carbocycles. The molecule has 1 fully saturated rings. The van der Waals surface area contributed by atoms with Gasteiger partial charge in [-0.2, -0.15) is 0 Å². The molecule has 9 nitrogen and oxygen atoms in total. The minimum absolute atomic E-state index is 0.0778. The van der Waals surface area contributed by atoms with E-state index in [9.17, 15) is 9.59 Å². The van der Waals surface area contributed by atoms with Crippen LogP contribution in [0.1, 0.15) is 56.1 Å². The van der Waals surface area contributed by atoms with Crippen LogP contribution in [-0.2, 0) is 4.79 Å². The van der Waals surface area contributed by atoms with Gasteiger partial charge in [-0.05, 0) is 50.6 Å². The van der Waals surface area contributed by atoms with Crippen LogP contribution in [0.25, 0.3) is 0 Å². The molecule has 194 valence electrons. The summed E-state index contributed by atoms with van der Waals surface area (Å²) in [4.78, 5) is 34.5. The lowest BCUT2D eigenvalue weighted by molar-refractivity contribution is -0.114. The van der Waals surface area contributed by atoms with E-state index in [1.807, 2.05) is 57.2 Å². The standard InChI is InChI=1S/C28H33N5O4/c1-18(2)36-27-14-24(9-11-30-27)33-12-10-26(17-33)37-25-7-5-21(6-8-25)19(3)31-28(35)22-13-23(16-29-15-22)32-20(4)34/h5-9,11,13-16,18-19,26H,10,12,17H2,1-4H3,(H,31,35)(H,32,34)/t19-,26?/m0/s1. The molecule has 1 aliphatic heterocycles. The largest absolute Gasteiger partial charge is 0.489 e. The number of carbonyl (C=O) groups excluding carboxylic acids is 2. The number of nitrogens with zero attached hydrogens (tertiary/aromatic N) is 3. The van der Waals surface area contributed by atoms with E-state index in [0.29, 0.717) is 17.1 Å². The van der Waals surface area contributed by atoms with E-state index in [1.165, 1.54) is 19.3 Å². The molecule has 2 aromatic heterocycles. The van der Waals surface area contributed by atoms with Crippen LogP contribution in [0.5, 0.6) is 11.6 Å². The average molecular weight is 504 g/mol. The highest BCUT2D eigenvalue weighted by molar-refractivity contribution is 5.96. The van der Waals surface area contributed by atoms with Gasteiger partial charge in [-0.15, -0.1) is 0 Å². The number of anilines is 2. The highest BCUT2D eigenvalue weighted by Crippen LogP contribution is 2.26. The lowest BCUT2D eigenvalue weighted by Gasteiger charge is -2.20. The molecule has 1 aliphatic rings. The normalized spacial score (nSPS) is 15.8. The fraction of sp³-hybridized carbons (Fsp3) is 0.357. The Morgan fingerprint density at radius 3 is 2.59 bits per heavy atom. The maximum atomic E-state index is 12.7. The Morgan fingerprint density at radius 2 is 1.86 bits per heavy atom. The number of pyridine rings is 2. The zero-order chi connectivity index (χ0) is 26.4. The van der Waals surface area contributed by atoms with E-state index in [2.05, 4.69) is 25.5 Å².